The van der Waals surface area contributed by atoms with E-state index in [9.17, 15) is 0 Å². The Morgan fingerprint density at radius 2 is 0.483 bits per heavy atom. The van der Waals surface area contributed by atoms with Gasteiger partial charge in [-0.1, -0.05) is 193 Å². The number of rotatable bonds is 13. The summed E-state index contributed by atoms with van der Waals surface area (Å²) in [5.41, 5.74) is 16.1. The smallest absolute Gasteiger partial charge is 0.0462 e. The molecule has 0 aliphatic carbocycles. The molecular weight excluding hydrogens is 725 g/mol. The molecule has 0 atom stereocenters. The van der Waals surface area contributed by atoms with Crippen molar-refractivity contribution in [3.8, 4) is 11.1 Å². The maximum Gasteiger partial charge on any atom is 0.0462 e. The third kappa shape index (κ3) is 10.1. The highest BCUT2D eigenvalue weighted by Gasteiger charge is 2.15. The molecule has 8 aromatic rings. The molecule has 0 aromatic heterocycles. The quantitative estimate of drug-likeness (QED) is 0.108. The number of anilines is 6. The van der Waals surface area contributed by atoms with Crippen LogP contribution < -0.4 is 9.80 Å². The minimum absolute atomic E-state index is 1.10. The first kappa shape index (κ1) is 39.2. The van der Waals surface area contributed by atoms with Crippen LogP contribution in [0.5, 0.6) is 0 Å². The minimum Gasteiger partial charge on any atom is -0.311 e. The summed E-state index contributed by atoms with van der Waals surface area (Å²) in [6.45, 7) is 4.26. The average Bonchev–Trinajstić information content (AvgIpc) is 3.30. The lowest BCUT2D eigenvalue weighted by Crippen LogP contribution is -2.10. The average molecular weight is 773 g/mol. The van der Waals surface area contributed by atoms with E-state index < -0.39 is 0 Å². The van der Waals surface area contributed by atoms with Gasteiger partial charge in [0.2, 0.25) is 0 Å². The lowest BCUT2D eigenvalue weighted by molar-refractivity contribution is 1.27. The number of nitrogens with zero attached hydrogens (tertiary/aromatic N) is 2. The van der Waals surface area contributed by atoms with Crippen molar-refractivity contribution in [3.63, 3.8) is 0 Å². The van der Waals surface area contributed by atoms with Crippen LogP contribution in [0.2, 0.25) is 0 Å². The largest absolute Gasteiger partial charge is 0.311 e. The molecule has 0 unspecified atom stereocenters. The first-order valence-corrected chi connectivity index (χ1v) is 20.5. The highest BCUT2D eigenvalue weighted by Crippen LogP contribution is 2.38. The molecule has 0 bridgehead atoms. The number of hydrogen-bond acceptors (Lipinski definition) is 2. The summed E-state index contributed by atoms with van der Waals surface area (Å²) in [6, 6.07) is 73.5. The van der Waals surface area contributed by atoms with Crippen molar-refractivity contribution in [3.05, 3.63) is 264 Å². The summed E-state index contributed by atoms with van der Waals surface area (Å²) in [5, 5.41) is 0. The molecule has 2 nitrogen and oxygen atoms in total. The van der Waals surface area contributed by atoms with Gasteiger partial charge in [0.05, 0.1) is 0 Å². The zero-order chi connectivity index (χ0) is 40.9. The third-order valence-electron chi connectivity index (χ3n) is 10.4. The van der Waals surface area contributed by atoms with E-state index >= 15 is 0 Å². The molecule has 60 heavy (non-hydrogen) atoms. The second-order valence-electron chi connectivity index (χ2n) is 14.9. The fourth-order valence-electron chi connectivity index (χ4n) is 7.15. The van der Waals surface area contributed by atoms with Gasteiger partial charge < -0.3 is 9.80 Å². The molecule has 0 spiro atoms. The highest BCUT2D eigenvalue weighted by atomic mass is 15.1. The maximum atomic E-state index is 2.32. The van der Waals surface area contributed by atoms with E-state index in [2.05, 4.69) is 266 Å². The predicted molar refractivity (Wildman–Crippen MR) is 260 cm³/mol. The Hall–Kier alpha value is -7.68. The monoisotopic (exact) mass is 772 g/mol. The second-order valence-corrected chi connectivity index (χ2v) is 14.9. The van der Waals surface area contributed by atoms with Crippen molar-refractivity contribution >= 4 is 58.4 Å². The zero-order valence-corrected chi connectivity index (χ0v) is 34.1. The standard InChI is InChI=1S/C58H48N2/c1-45-21-33-53(34-22-45)59(55-37-25-49(26-38-55)19-11-9-17-47-13-5-3-6-14-47)57-41-29-51(30-42-57)52-31-43-58(44-32-52)60(54-35-23-46(2)24-36-54)56-39-27-50(28-40-56)20-12-10-18-48-15-7-4-8-16-48/h3-44H,1-2H3. The van der Waals surface area contributed by atoms with Gasteiger partial charge in [-0.15, -0.1) is 0 Å². The lowest BCUT2D eigenvalue weighted by atomic mass is 10.0. The van der Waals surface area contributed by atoms with Crippen LogP contribution in [0.1, 0.15) is 33.4 Å². The molecule has 8 aromatic carbocycles. The Bertz CT molecular complexity index is 2490. The van der Waals surface area contributed by atoms with E-state index in [1.54, 1.807) is 0 Å². The fourth-order valence-corrected chi connectivity index (χ4v) is 7.15. The van der Waals surface area contributed by atoms with Crippen molar-refractivity contribution < 1.29 is 0 Å². The van der Waals surface area contributed by atoms with Gasteiger partial charge in [0.15, 0.2) is 0 Å². The summed E-state index contributed by atoms with van der Waals surface area (Å²) in [7, 11) is 0. The number of benzene rings is 8. The van der Waals surface area contributed by atoms with Gasteiger partial charge in [0, 0.05) is 34.1 Å². The van der Waals surface area contributed by atoms with Gasteiger partial charge in [-0.05, 0) is 120 Å². The summed E-state index contributed by atoms with van der Waals surface area (Å²) in [4.78, 5) is 4.63. The molecule has 0 heterocycles. The predicted octanol–water partition coefficient (Wildman–Crippen LogP) is 16.4. The molecule has 0 saturated carbocycles. The van der Waals surface area contributed by atoms with Crippen LogP contribution in [0.3, 0.4) is 0 Å². The molecule has 0 radical (unpaired) electrons. The Kier molecular flexibility index (Phi) is 12.5. The normalized spacial score (nSPS) is 11.6. The Morgan fingerprint density at radius 1 is 0.250 bits per heavy atom. The molecule has 290 valence electrons. The molecule has 0 N–H and O–H groups in total. The lowest BCUT2D eigenvalue weighted by Gasteiger charge is -2.26. The van der Waals surface area contributed by atoms with E-state index in [-0.39, 0.29) is 0 Å². The molecule has 0 aliphatic heterocycles. The third-order valence-corrected chi connectivity index (χ3v) is 10.4. The van der Waals surface area contributed by atoms with Gasteiger partial charge >= 0.3 is 0 Å². The summed E-state index contributed by atoms with van der Waals surface area (Å²) in [5.74, 6) is 0. The number of hydrogen-bond donors (Lipinski definition) is 0. The maximum absolute atomic E-state index is 2.32. The number of allylic oxidation sites excluding steroid dienone is 4. The van der Waals surface area contributed by atoms with Crippen molar-refractivity contribution in [2.24, 2.45) is 0 Å². The van der Waals surface area contributed by atoms with E-state index in [4.69, 9.17) is 0 Å². The van der Waals surface area contributed by atoms with Gasteiger partial charge in [0.25, 0.3) is 0 Å². The van der Waals surface area contributed by atoms with Crippen molar-refractivity contribution in [2.75, 3.05) is 9.80 Å². The van der Waals surface area contributed by atoms with Crippen LogP contribution in [0.15, 0.2) is 231 Å². The van der Waals surface area contributed by atoms with Gasteiger partial charge in [-0.3, -0.25) is 0 Å². The summed E-state index contributed by atoms with van der Waals surface area (Å²) in [6.07, 6.45) is 16.9. The van der Waals surface area contributed by atoms with E-state index in [1.165, 1.54) is 22.3 Å². The molecule has 8 rings (SSSR count). The Balaban J connectivity index is 1.01. The van der Waals surface area contributed by atoms with Crippen LogP contribution in [0.4, 0.5) is 34.1 Å². The molecule has 0 aliphatic rings. The topological polar surface area (TPSA) is 6.48 Å². The Morgan fingerprint density at radius 3 is 0.767 bits per heavy atom. The summed E-state index contributed by atoms with van der Waals surface area (Å²) >= 11 is 0. The molecule has 0 fully saturated rings. The van der Waals surface area contributed by atoms with Crippen LogP contribution in [-0.4, -0.2) is 0 Å². The van der Waals surface area contributed by atoms with Crippen LogP contribution in [-0.2, 0) is 0 Å². The fraction of sp³-hybridized carbons (Fsp3) is 0.0345. The van der Waals surface area contributed by atoms with Crippen molar-refractivity contribution in [1.29, 1.82) is 0 Å². The molecular formula is C58H48N2. The number of aryl methyl sites for hydroxylation is 2. The van der Waals surface area contributed by atoms with Crippen LogP contribution in [0.25, 0.3) is 35.4 Å². The Labute approximate surface area is 355 Å². The zero-order valence-electron chi connectivity index (χ0n) is 34.1. The highest BCUT2D eigenvalue weighted by molar-refractivity contribution is 5.81. The first-order chi connectivity index (χ1) is 29.6. The molecule has 0 saturated heterocycles. The first-order valence-electron chi connectivity index (χ1n) is 20.5. The van der Waals surface area contributed by atoms with Gasteiger partial charge in [0.1, 0.15) is 0 Å². The SMILES string of the molecule is Cc1ccc(N(c2ccc(C=CC=Cc3ccccc3)cc2)c2ccc(-c3ccc(N(c4ccc(C)cc4)c4ccc(C=CC=Cc5ccccc5)cc4)cc3)cc2)cc1. The van der Waals surface area contributed by atoms with Crippen molar-refractivity contribution in [2.45, 2.75) is 13.8 Å². The second kappa shape index (κ2) is 19.2. The minimum atomic E-state index is 1.10. The van der Waals surface area contributed by atoms with Crippen LogP contribution in [0, 0.1) is 13.8 Å². The van der Waals surface area contributed by atoms with Crippen LogP contribution >= 0.6 is 0 Å². The van der Waals surface area contributed by atoms with E-state index in [0.717, 1.165) is 56.4 Å². The molecule has 0 amide bonds. The van der Waals surface area contributed by atoms with E-state index in [1.807, 2.05) is 12.1 Å². The van der Waals surface area contributed by atoms with Gasteiger partial charge in [-0.25, -0.2) is 0 Å². The molecule has 2 heteroatoms. The van der Waals surface area contributed by atoms with Crippen molar-refractivity contribution in [1.82, 2.24) is 0 Å². The summed E-state index contributed by atoms with van der Waals surface area (Å²) < 4.78 is 0. The van der Waals surface area contributed by atoms with Gasteiger partial charge in [-0.2, -0.15) is 0 Å². The van der Waals surface area contributed by atoms with E-state index in [0.29, 0.717) is 0 Å².